The summed E-state index contributed by atoms with van der Waals surface area (Å²) in [5.41, 5.74) is 5.19. The van der Waals surface area contributed by atoms with Gasteiger partial charge in [-0.15, -0.1) is 0 Å². The highest BCUT2D eigenvalue weighted by Crippen LogP contribution is 2.30. The molecule has 4 heteroatoms. The molecule has 0 saturated heterocycles. The van der Waals surface area contributed by atoms with Crippen LogP contribution < -0.4 is 16.0 Å². The maximum atomic E-state index is 5.81. The molecule has 0 radical (unpaired) electrons. The molecule has 1 aromatic carbocycles. The van der Waals surface area contributed by atoms with Crippen molar-refractivity contribution >= 4 is 11.3 Å². The van der Waals surface area contributed by atoms with Crippen molar-refractivity contribution in [1.82, 2.24) is 5.43 Å². The summed E-state index contributed by atoms with van der Waals surface area (Å²) in [6.45, 7) is 0. The van der Waals surface area contributed by atoms with Gasteiger partial charge in [0.15, 0.2) is 0 Å². The largest absolute Gasteiger partial charge is 0.490 e. The topological polar surface area (TPSA) is 47.3 Å². The standard InChI is InChI=1S/C14H16N2OS/c15-16-14(11-6-7-18-9-11)10-2-1-3-13(8-10)17-12-4-5-12/h1-3,6-9,12,14,16H,4-5,15H2. The van der Waals surface area contributed by atoms with Crippen LogP contribution in [0.25, 0.3) is 0 Å². The fraction of sp³-hybridized carbons (Fsp3) is 0.286. The van der Waals surface area contributed by atoms with Gasteiger partial charge in [0.05, 0.1) is 12.1 Å². The monoisotopic (exact) mass is 260 g/mol. The maximum Gasteiger partial charge on any atom is 0.120 e. The van der Waals surface area contributed by atoms with Crippen LogP contribution in [0.4, 0.5) is 0 Å². The molecule has 1 unspecified atom stereocenters. The van der Waals surface area contributed by atoms with Gasteiger partial charge < -0.3 is 4.74 Å². The van der Waals surface area contributed by atoms with Crippen molar-refractivity contribution in [2.75, 3.05) is 0 Å². The number of nitrogens with two attached hydrogens (primary N) is 1. The first-order valence-corrected chi connectivity index (χ1v) is 7.06. The first kappa shape index (κ1) is 11.7. The van der Waals surface area contributed by atoms with Crippen molar-refractivity contribution < 1.29 is 4.74 Å². The fourth-order valence-electron chi connectivity index (χ4n) is 1.97. The zero-order valence-corrected chi connectivity index (χ0v) is 10.8. The van der Waals surface area contributed by atoms with E-state index in [1.54, 1.807) is 11.3 Å². The van der Waals surface area contributed by atoms with Crippen LogP contribution in [0, 0.1) is 0 Å². The Hall–Kier alpha value is -1.36. The predicted molar refractivity (Wildman–Crippen MR) is 73.6 cm³/mol. The smallest absolute Gasteiger partial charge is 0.120 e. The molecular weight excluding hydrogens is 244 g/mol. The molecule has 18 heavy (non-hydrogen) atoms. The Morgan fingerprint density at radius 3 is 2.83 bits per heavy atom. The van der Waals surface area contributed by atoms with Crippen LogP contribution in [0.5, 0.6) is 5.75 Å². The number of rotatable bonds is 5. The predicted octanol–water partition coefficient (Wildman–Crippen LogP) is 2.84. The molecule has 0 amide bonds. The van der Waals surface area contributed by atoms with Crippen LogP contribution in [0.1, 0.15) is 30.0 Å². The quantitative estimate of drug-likeness (QED) is 0.642. The summed E-state index contributed by atoms with van der Waals surface area (Å²) < 4.78 is 5.81. The molecule has 1 heterocycles. The highest BCUT2D eigenvalue weighted by atomic mass is 32.1. The number of nitrogens with one attached hydrogen (secondary N) is 1. The van der Waals surface area contributed by atoms with Crippen molar-refractivity contribution in [2.45, 2.75) is 25.0 Å². The summed E-state index contributed by atoms with van der Waals surface area (Å²) in [7, 11) is 0. The van der Waals surface area contributed by atoms with E-state index in [-0.39, 0.29) is 6.04 Å². The molecule has 1 aliphatic rings. The van der Waals surface area contributed by atoms with Crippen molar-refractivity contribution in [3.05, 3.63) is 52.2 Å². The lowest BCUT2D eigenvalue weighted by Gasteiger charge is -2.16. The van der Waals surface area contributed by atoms with Gasteiger partial charge >= 0.3 is 0 Å². The number of hydrogen-bond donors (Lipinski definition) is 2. The van der Waals surface area contributed by atoms with Crippen LogP contribution in [0.15, 0.2) is 41.1 Å². The van der Waals surface area contributed by atoms with Crippen LogP contribution >= 0.6 is 11.3 Å². The second kappa shape index (κ2) is 5.10. The van der Waals surface area contributed by atoms with Gasteiger partial charge in [-0.05, 0) is 52.9 Å². The Morgan fingerprint density at radius 2 is 2.17 bits per heavy atom. The number of hydrogen-bond acceptors (Lipinski definition) is 4. The molecule has 3 nitrogen and oxygen atoms in total. The van der Waals surface area contributed by atoms with Gasteiger partial charge in [-0.25, -0.2) is 5.43 Å². The van der Waals surface area contributed by atoms with Gasteiger partial charge in [0.2, 0.25) is 0 Å². The van der Waals surface area contributed by atoms with Crippen molar-refractivity contribution in [3.8, 4) is 5.75 Å². The third-order valence-corrected chi connectivity index (χ3v) is 3.76. The van der Waals surface area contributed by atoms with Gasteiger partial charge in [-0.3, -0.25) is 5.84 Å². The average molecular weight is 260 g/mol. The van der Waals surface area contributed by atoms with Crippen LogP contribution in [0.3, 0.4) is 0 Å². The first-order valence-electron chi connectivity index (χ1n) is 6.11. The molecular formula is C14H16N2OS. The van der Waals surface area contributed by atoms with E-state index >= 15 is 0 Å². The minimum atomic E-state index is 0.0269. The lowest BCUT2D eigenvalue weighted by atomic mass is 10.0. The minimum absolute atomic E-state index is 0.0269. The van der Waals surface area contributed by atoms with E-state index in [0.29, 0.717) is 6.10 Å². The first-order chi connectivity index (χ1) is 8.86. The molecule has 2 aromatic rings. The van der Waals surface area contributed by atoms with E-state index in [0.717, 1.165) is 11.3 Å². The van der Waals surface area contributed by atoms with E-state index in [4.69, 9.17) is 10.6 Å². The molecule has 1 aliphatic carbocycles. The SMILES string of the molecule is NNC(c1ccsc1)c1cccc(OC2CC2)c1. The molecule has 1 saturated carbocycles. The van der Waals surface area contributed by atoms with Gasteiger partial charge in [0.1, 0.15) is 5.75 Å². The molecule has 1 atom stereocenters. The van der Waals surface area contributed by atoms with E-state index in [1.807, 2.05) is 12.1 Å². The van der Waals surface area contributed by atoms with Gasteiger partial charge in [0, 0.05) is 0 Å². The maximum absolute atomic E-state index is 5.81. The molecule has 1 aromatic heterocycles. The van der Waals surface area contributed by atoms with E-state index in [2.05, 4.69) is 34.4 Å². The molecule has 94 valence electrons. The second-order valence-corrected chi connectivity index (χ2v) is 5.33. The van der Waals surface area contributed by atoms with Crippen molar-refractivity contribution in [2.24, 2.45) is 5.84 Å². The Labute approximate surface area is 111 Å². The summed E-state index contributed by atoms with van der Waals surface area (Å²) >= 11 is 1.68. The fourth-order valence-corrected chi connectivity index (χ4v) is 2.66. The van der Waals surface area contributed by atoms with Crippen LogP contribution in [0.2, 0.25) is 0 Å². The van der Waals surface area contributed by atoms with Gasteiger partial charge in [-0.1, -0.05) is 12.1 Å². The van der Waals surface area contributed by atoms with Crippen molar-refractivity contribution in [1.29, 1.82) is 0 Å². The summed E-state index contributed by atoms with van der Waals surface area (Å²) in [5.74, 6) is 6.61. The summed E-state index contributed by atoms with van der Waals surface area (Å²) in [5, 5.41) is 4.17. The highest BCUT2D eigenvalue weighted by molar-refractivity contribution is 7.08. The average Bonchev–Trinajstić information content (AvgIpc) is 3.04. The Morgan fingerprint density at radius 1 is 1.28 bits per heavy atom. The molecule has 1 fully saturated rings. The highest BCUT2D eigenvalue weighted by Gasteiger charge is 2.23. The lowest BCUT2D eigenvalue weighted by Crippen LogP contribution is -2.28. The van der Waals surface area contributed by atoms with Crippen molar-refractivity contribution in [3.63, 3.8) is 0 Å². The molecule has 3 rings (SSSR count). The molecule has 0 bridgehead atoms. The van der Waals surface area contributed by atoms with E-state index < -0.39 is 0 Å². The molecule has 3 N–H and O–H groups in total. The minimum Gasteiger partial charge on any atom is -0.490 e. The van der Waals surface area contributed by atoms with Gasteiger partial charge in [0.25, 0.3) is 0 Å². The summed E-state index contributed by atoms with van der Waals surface area (Å²) in [4.78, 5) is 0. The summed E-state index contributed by atoms with van der Waals surface area (Å²) in [6, 6.07) is 10.3. The Bertz CT molecular complexity index is 508. The van der Waals surface area contributed by atoms with E-state index in [1.165, 1.54) is 18.4 Å². The van der Waals surface area contributed by atoms with Gasteiger partial charge in [-0.2, -0.15) is 11.3 Å². The third-order valence-electron chi connectivity index (χ3n) is 3.06. The number of hydrazine groups is 1. The Kier molecular flexibility index (Phi) is 3.32. The normalized spacial score (nSPS) is 16.5. The van der Waals surface area contributed by atoms with Crippen LogP contribution in [-0.4, -0.2) is 6.10 Å². The zero-order valence-electron chi connectivity index (χ0n) is 10.0. The zero-order chi connectivity index (χ0) is 12.4. The number of thiophene rings is 1. The third kappa shape index (κ3) is 2.56. The molecule has 0 aliphatic heterocycles. The van der Waals surface area contributed by atoms with Crippen LogP contribution in [-0.2, 0) is 0 Å². The van der Waals surface area contributed by atoms with E-state index in [9.17, 15) is 0 Å². The summed E-state index contributed by atoms with van der Waals surface area (Å²) in [6.07, 6.45) is 2.77. The Balaban J connectivity index is 1.84. The lowest BCUT2D eigenvalue weighted by molar-refractivity contribution is 0.302. The second-order valence-electron chi connectivity index (χ2n) is 4.55. The number of ether oxygens (including phenoxy) is 1. The number of benzene rings is 1. The molecule has 0 spiro atoms.